The van der Waals surface area contributed by atoms with Gasteiger partial charge in [0.15, 0.2) is 11.3 Å². The number of nitrogens with zero attached hydrogens (tertiary/aromatic N) is 6. The number of aromatic amines is 1. The Morgan fingerprint density at radius 2 is 1.68 bits per heavy atom. The number of nitrogens with one attached hydrogen (secondary N) is 1. The molecule has 0 fully saturated rings. The summed E-state index contributed by atoms with van der Waals surface area (Å²) in [4.78, 5) is 0. The van der Waals surface area contributed by atoms with Gasteiger partial charge >= 0.3 is 0 Å². The van der Waals surface area contributed by atoms with Gasteiger partial charge in [0.1, 0.15) is 17.3 Å². The lowest BCUT2D eigenvalue weighted by molar-refractivity contribution is 0.237. The number of aromatic nitrogens is 7. The van der Waals surface area contributed by atoms with E-state index in [-0.39, 0.29) is 0 Å². The highest BCUT2D eigenvalue weighted by molar-refractivity contribution is 7.98. The summed E-state index contributed by atoms with van der Waals surface area (Å²) in [6.45, 7) is 2.85. The third-order valence-electron chi connectivity index (χ3n) is 6.38. The zero-order valence-corrected chi connectivity index (χ0v) is 23.9. The summed E-state index contributed by atoms with van der Waals surface area (Å²) in [7, 11) is 1.67. The van der Waals surface area contributed by atoms with Gasteiger partial charge in [-0.05, 0) is 47.9 Å². The van der Waals surface area contributed by atoms with Crippen molar-refractivity contribution < 1.29 is 9.47 Å². The Morgan fingerprint density at radius 1 is 0.925 bits per heavy atom. The first-order chi connectivity index (χ1) is 19.6. The fourth-order valence-electron chi connectivity index (χ4n) is 4.19. The molecule has 1 unspecified atom stereocenters. The lowest BCUT2D eigenvalue weighted by Gasteiger charge is -2.18. The van der Waals surface area contributed by atoms with E-state index in [2.05, 4.69) is 66.6 Å². The molecule has 5 aromatic rings. The normalized spacial score (nSPS) is 11.9. The third-order valence-corrected chi connectivity index (χ3v) is 7.76. The van der Waals surface area contributed by atoms with E-state index in [1.165, 1.54) is 5.56 Å². The Bertz CT molecular complexity index is 1490. The van der Waals surface area contributed by atoms with E-state index < -0.39 is 6.10 Å². The molecule has 0 aliphatic heterocycles. The number of hydrogen-bond acceptors (Lipinski definition) is 8. The van der Waals surface area contributed by atoms with Crippen LogP contribution in [-0.4, -0.2) is 42.5 Å². The van der Waals surface area contributed by atoms with Crippen molar-refractivity contribution >= 4 is 23.4 Å². The number of H-pyrrole nitrogens is 1. The molecule has 40 heavy (non-hydrogen) atoms. The second-order valence-corrected chi connectivity index (χ2v) is 10.5. The van der Waals surface area contributed by atoms with Crippen LogP contribution in [0.15, 0.2) is 78.0 Å². The first kappa shape index (κ1) is 27.7. The van der Waals surface area contributed by atoms with Gasteiger partial charge in [-0.15, -0.1) is 20.4 Å². The van der Waals surface area contributed by atoms with Crippen molar-refractivity contribution in [2.45, 2.75) is 49.7 Å². The molecule has 3 aromatic carbocycles. The smallest absolute Gasteiger partial charge is 0.219 e. The minimum Gasteiger partial charge on any atom is -0.497 e. The highest BCUT2D eigenvalue weighted by atomic mass is 35.5. The number of methoxy groups -OCH3 is 1. The molecule has 0 radical (unpaired) electrons. The summed E-state index contributed by atoms with van der Waals surface area (Å²) in [6.07, 6.45) is 2.45. The quantitative estimate of drug-likeness (QED) is 0.163. The van der Waals surface area contributed by atoms with Gasteiger partial charge in [-0.1, -0.05) is 84.4 Å². The summed E-state index contributed by atoms with van der Waals surface area (Å²) >= 11 is 8.15. The number of ether oxygens (including phenoxy) is 2. The van der Waals surface area contributed by atoms with Crippen molar-refractivity contribution in [1.29, 1.82) is 0 Å². The molecule has 0 spiro atoms. The molecule has 0 amide bonds. The fourth-order valence-corrected chi connectivity index (χ4v) is 5.34. The van der Waals surface area contributed by atoms with Gasteiger partial charge in [0.2, 0.25) is 5.82 Å². The maximum absolute atomic E-state index is 6.46. The van der Waals surface area contributed by atoms with Crippen molar-refractivity contribution in [3.05, 3.63) is 106 Å². The van der Waals surface area contributed by atoms with E-state index >= 15 is 0 Å². The van der Waals surface area contributed by atoms with Crippen molar-refractivity contribution in [3.8, 4) is 11.5 Å². The molecule has 2 heterocycles. The number of aryl methyl sites for hydroxylation is 1. The molecule has 2 aromatic heterocycles. The average Bonchev–Trinajstić information content (AvgIpc) is 3.66. The SMILES string of the molecule is CCCCc1nnc(SCc2ccc(OC)cc2)n1Cc1ccc(OC(c2nn[nH]n2)c2ccccc2Cl)cc1. The predicted octanol–water partition coefficient (Wildman–Crippen LogP) is 6.30. The van der Waals surface area contributed by atoms with Crippen molar-refractivity contribution in [3.63, 3.8) is 0 Å². The Kier molecular flexibility index (Phi) is 9.30. The van der Waals surface area contributed by atoms with Crippen LogP contribution < -0.4 is 9.47 Å². The molecule has 1 atom stereocenters. The molecule has 0 bridgehead atoms. The monoisotopic (exact) mass is 575 g/mol. The van der Waals surface area contributed by atoms with Crippen molar-refractivity contribution in [2.24, 2.45) is 0 Å². The van der Waals surface area contributed by atoms with Crippen LogP contribution in [0.3, 0.4) is 0 Å². The summed E-state index contributed by atoms with van der Waals surface area (Å²) < 4.78 is 13.8. The van der Waals surface area contributed by atoms with E-state index in [9.17, 15) is 0 Å². The second kappa shape index (κ2) is 13.5. The van der Waals surface area contributed by atoms with Crippen LogP contribution >= 0.6 is 23.4 Å². The van der Waals surface area contributed by atoms with E-state index in [4.69, 9.17) is 21.1 Å². The second-order valence-electron chi connectivity index (χ2n) is 9.16. The molecule has 206 valence electrons. The van der Waals surface area contributed by atoms with Gasteiger partial charge in [-0.2, -0.15) is 5.21 Å². The molecule has 0 aliphatic rings. The topological polar surface area (TPSA) is 104 Å². The fraction of sp³-hybridized carbons (Fsp3) is 0.276. The lowest BCUT2D eigenvalue weighted by atomic mass is 10.1. The average molecular weight is 576 g/mol. The van der Waals surface area contributed by atoms with Gasteiger partial charge in [-0.25, -0.2) is 0 Å². The zero-order valence-electron chi connectivity index (χ0n) is 22.3. The molecule has 11 heteroatoms. The maximum Gasteiger partial charge on any atom is 0.219 e. The van der Waals surface area contributed by atoms with Crippen LogP contribution in [0, 0.1) is 0 Å². The zero-order chi connectivity index (χ0) is 27.7. The van der Waals surface area contributed by atoms with Crippen LogP contribution in [0.5, 0.6) is 11.5 Å². The highest BCUT2D eigenvalue weighted by Gasteiger charge is 2.23. The Labute approximate surface area is 242 Å². The number of thioether (sulfide) groups is 1. The minimum absolute atomic E-state index is 0.403. The molecule has 9 nitrogen and oxygen atoms in total. The Balaban J connectivity index is 1.32. The Hall–Kier alpha value is -3.89. The van der Waals surface area contributed by atoms with Crippen LogP contribution in [0.4, 0.5) is 0 Å². The maximum atomic E-state index is 6.46. The third kappa shape index (κ3) is 6.81. The largest absolute Gasteiger partial charge is 0.497 e. The Morgan fingerprint density at radius 3 is 2.38 bits per heavy atom. The standard InChI is InChI=1S/C29H30ClN7O2S/c1-3-4-9-26-31-34-29(40-19-21-12-14-22(38-2)15-13-21)37(26)18-20-10-16-23(17-11-20)39-27(28-32-35-36-33-28)24-7-5-6-8-25(24)30/h5-8,10-17,27H,3-4,9,18-19H2,1-2H3,(H,32,33,35,36). The predicted molar refractivity (Wildman–Crippen MR) is 155 cm³/mol. The van der Waals surface area contributed by atoms with Crippen LogP contribution in [0.2, 0.25) is 5.02 Å². The lowest BCUT2D eigenvalue weighted by Crippen LogP contribution is -2.12. The summed E-state index contributed by atoms with van der Waals surface area (Å²) in [5.74, 6) is 3.71. The highest BCUT2D eigenvalue weighted by Crippen LogP contribution is 2.31. The van der Waals surface area contributed by atoms with Crippen LogP contribution in [0.1, 0.15) is 54.2 Å². The number of halogens is 1. The molecule has 0 saturated heterocycles. The van der Waals surface area contributed by atoms with Gasteiger partial charge in [0.25, 0.3) is 0 Å². The van der Waals surface area contributed by atoms with Crippen molar-refractivity contribution in [2.75, 3.05) is 7.11 Å². The van der Waals surface area contributed by atoms with E-state index in [0.717, 1.165) is 52.9 Å². The number of tetrazole rings is 1. The summed E-state index contributed by atoms with van der Waals surface area (Å²) in [6, 6.07) is 23.6. The molecular weight excluding hydrogens is 546 g/mol. The van der Waals surface area contributed by atoms with Gasteiger partial charge in [0.05, 0.1) is 13.7 Å². The minimum atomic E-state index is -0.599. The van der Waals surface area contributed by atoms with Crippen LogP contribution in [-0.2, 0) is 18.7 Å². The summed E-state index contributed by atoms with van der Waals surface area (Å²) in [5.41, 5.74) is 3.08. The summed E-state index contributed by atoms with van der Waals surface area (Å²) in [5, 5.41) is 25.0. The number of rotatable bonds is 13. The van der Waals surface area contributed by atoms with Gasteiger partial charge < -0.3 is 14.0 Å². The molecule has 5 rings (SSSR count). The van der Waals surface area contributed by atoms with Crippen LogP contribution in [0.25, 0.3) is 0 Å². The van der Waals surface area contributed by atoms with E-state index in [0.29, 0.717) is 23.1 Å². The molecule has 1 N–H and O–H groups in total. The van der Waals surface area contributed by atoms with E-state index in [1.54, 1.807) is 18.9 Å². The first-order valence-electron chi connectivity index (χ1n) is 13.1. The van der Waals surface area contributed by atoms with Gasteiger partial charge in [0, 0.05) is 22.8 Å². The first-order valence-corrected chi connectivity index (χ1v) is 14.4. The molecular formula is C29H30ClN7O2S. The number of hydrogen-bond donors (Lipinski definition) is 1. The number of unbranched alkanes of at least 4 members (excludes halogenated alkanes) is 1. The number of benzene rings is 3. The van der Waals surface area contributed by atoms with Gasteiger partial charge in [-0.3, -0.25) is 0 Å². The van der Waals surface area contributed by atoms with E-state index in [1.807, 2.05) is 48.5 Å². The molecule has 0 saturated carbocycles. The molecule has 0 aliphatic carbocycles. The van der Waals surface area contributed by atoms with Crippen molar-refractivity contribution in [1.82, 2.24) is 35.4 Å².